The first kappa shape index (κ1) is 19.2. The van der Waals surface area contributed by atoms with Gasteiger partial charge in [0.05, 0.1) is 30.1 Å². The summed E-state index contributed by atoms with van der Waals surface area (Å²) in [6, 6.07) is 11.8. The van der Waals surface area contributed by atoms with Crippen molar-refractivity contribution in [3.8, 4) is 22.9 Å². The van der Waals surface area contributed by atoms with E-state index in [2.05, 4.69) is 24.1 Å². The molecule has 0 fully saturated rings. The summed E-state index contributed by atoms with van der Waals surface area (Å²) in [5.74, 6) is 2.10. The molecule has 0 saturated heterocycles. The summed E-state index contributed by atoms with van der Waals surface area (Å²) in [7, 11) is 1.59. The lowest BCUT2D eigenvalue weighted by Gasteiger charge is -2.16. The molecule has 5 nitrogen and oxygen atoms in total. The second kappa shape index (κ2) is 8.01. The molecule has 6 heteroatoms. The standard InChI is InChI=1S/C21H24ClN3O2/c1-12(2)23-19-8-6-7-15(24-19)16-11-18(27-13(3)4)14-9-10-17(26-5)20(22)21(14)25-16/h6-13H,1-5H3,(H,23,24). The van der Waals surface area contributed by atoms with Gasteiger partial charge >= 0.3 is 0 Å². The Bertz CT molecular complexity index is 958. The summed E-state index contributed by atoms with van der Waals surface area (Å²) in [5, 5.41) is 4.61. The molecule has 0 spiro atoms. The lowest BCUT2D eigenvalue weighted by atomic mass is 10.1. The van der Waals surface area contributed by atoms with Gasteiger partial charge in [0.15, 0.2) is 0 Å². The van der Waals surface area contributed by atoms with Gasteiger partial charge in [-0.3, -0.25) is 0 Å². The number of anilines is 1. The van der Waals surface area contributed by atoms with Crippen molar-refractivity contribution in [1.82, 2.24) is 9.97 Å². The van der Waals surface area contributed by atoms with Crippen LogP contribution in [0.15, 0.2) is 36.4 Å². The Balaban J connectivity index is 2.19. The van der Waals surface area contributed by atoms with Crippen molar-refractivity contribution >= 4 is 28.3 Å². The van der Waals surface area contributed by atoms with Gasteiger partial charge in [0, 0.05) is 17.5 Å². The van der Waals surface area contributed by atoms with Gasteiger partial charge in [-0.05, 0) is 52.0 Å². The van der Waals surface area contributed by atoms with Crippen molar-refractivity contribution in [2.24, 2.45) is 0 Å². The number of ether oxygens (including phenoxy) is 2. The Morgan fingerprint density at radius 3 is 2.41 bits per heavy atom. The van der Waals surface area contributed by atoms with Crippen molar-refractivity contribution < 1.29 is 9.47 Å². The van der Waals surface area contributed by atoms with Crippen LogP contribution in [0, 0.1) is 0 Å². The molecule has 0 bridgehead atoms. The lowest BCUT2D eigenvalue weighted by Crippen LogP contribution is -2.11. The minimum absolute atomic E-state index is 0.0197. The molecule has 3 rings (SSSR count). The van der Waals surface area contributed by atoms with Crippen molar-refractivity contribution in [3.05, 3.63) is 41.4 Å². The van der Waals surface area contributed by atoms with Gasteiger partial charge < -0.3 is 14.8 Å². The molecule has 2 aromatic heterocycles. The molecule has 0 radical (unpaired) electrons. The Kier molecular flexibility index (Phi) is 5.71. The third-order valence-electron chi connectivity index (χ3n) is 3.88. The van der Waals surface area contributed by atoms with Crippen LogP contribution in [0.2, 0.25) is 5.02 Å². The van der Waals surface area contributed by atoms with Crippen molar-refractivity contribution in [2.45, 2.75) is 39.8 Å². The maximum absolute atomic E-state index is 6.53. The van der Waals surface area contributed by atoms with Gasteiger partial charge in [-0.1, -0.05) is 17.7 Å². The van der Waals surface area contributed by atoms with Crippen LogP contribution >= 0.6 is 11.6 Å². The molecule has 0 aliphatic rings. The van der Waals surface area contributed by atoms with E-state index in [0.29, 0.717) is 22.0 Å². The highest BCUT2D eigenvalue weighted by Crippen LogP contribution is 2.38. The van der Waals surface area contributed by atoms with E-state index in [-0.39, 0.29) is 12.1 Å². The molecule has 0 unspecified atom stereocenters. The molecule has 0 saturated carbocycles. The van der Waals surface area contributed by atoms with Crippen molar-refractivity contribution in [3.63, 3.8) is 0 Å². The predicted octanol–water partition coefficient (Wildman–Crippen LogP) is 5.57. The number of halogens is 1. The number of benzene rings is 1. The van der Waals surface area contributed by atoms with Gasteiger partial charge in [-0.25, -0.2) is 9.97 Å². The molecule has 0 aliphatic carbocycles. The maximum atomic E-state index is 6.53. The first-order valence-electron chi connectivity index (χ1n) is 8.97. The molecule has 27 heavy (non-hydrogen) atoms. The highest BCUT2D eigenvalue weighted by atomic mass is 35.5. The van der Waals surface area contributed by atoms with Gasteiger partial charge in [0.25, 0.3) is 0 Å². The van der Waals surface area contributed by atoms with Crippen LogP contribution in [-0.2, 0) is 0 Å². The van der Waals surface area contributed by atoms with Crippen LogP contribution < -0.4 is 14.8 Å². The topological polar surface area (TPSA) is 56.3 Å². The quantitative estimate of drug-likeness (QED) is 0.601. The molecule has 142 valence electrons. The van der Waals surface area contributed by atoms with Gasteiger partial charge in [-0.2, -0.15) is 0 Å². The normalized spacial score (nSPS) is 11.3. The predicted molar refractivity (Wildman–Crippen MR) is 111 cm³/mol. The van der Waals surface area contributed by atoms with Crippen molar-refractivity contribution in [1.29, 1.82) is 0 Å². The number of nitrogens with one attached hydrogen (secondary N) is 1. The summed E-state index contributed by atoms with van der Waals surface area (Å²) < 4.78 is 11.4. The Hall–Kier alpha value is -2.53. The zero-order valence-electron chi connectivity index (χ0n) is 16.2. The minimum Gasteiger partial charge on any atom is -0.495 e. The third kappa shape index (κ3) is 4.25. The second-order valence-electron chi connectivity index (χ2n) is 6.86. The van der Waals surface area contributed by atoms with Crippen LogP contribution in [0.1, 0.15) is 27.7 Å². The summed E-state index contributed by atoms with van der Waals surface area (Å²) in [6.07, 6.45) is 0.0197. The zero-order chi connectivity index (χ0) is 19.6. The molecular weight excluding hydrogens is 362 g/mol. The Morgan fingerprint density at radius 2 is 1.74 bits per heavy atom. The van der Waals surface area contributed by atoms with Crippen LogP contribution in [0.4, 0.5) is 5.82 Å². The van der Waals surface area contributed by atoms with E-state index in [9.17, 15) is 0 Å². The highest BCUT2D eigenvalue weighted by Gasteiger charge is 2.16. The van der Waals surface area contributed by atoms with Gasteiger partial charge in [0.2, 0.25) is 0 Å². The van der Waals surface area contributed by atoms with E-state index in [4.69, 9.17) is 26.1 Å². The lowest BCUT2D eigenvalue weighted by molar-refractivity contribution is 0.245. The first-order valence-corrected chi connectivity index (χ1v) is 9.34. The number of hydrogen-bond donors (Lipinski definition) is 1. The number of fused-ring (bicyclic) bond motifs is 1. The molecule has 3 aromatic rings. The van der Waals surface area contributed by atoms with Crippen LogP contribution in [-0.4, -0.2) is 29.2 Å². The zero-order valence-corrected chi connectivity index (χ0v) is 17.0. The van der Waals surface area contributed by atoms with E-state index in [1.165, 1.54) is 0 Å². The Labute approximate surface area is 164 Å². The average Bonchev–Trinajstić information content (AvgIpc) is 2.61. The molecule has 0 atom stereocenters. The van der Waals surface area contributed by atoms with Crippen LogP contribution in [0.3, 0.4) is 0 Å². The van der Waals surface area contributed by atoms with Crippen LogP contribution in [0.5, 0.6) is 11.5 Å². The number of rotatable bonds is 6. The SMILES string of the molecule is COc1ccc2c(OC(C)C)cc(-c3cccc(NC(C)C)n3)nc2c1Cl. The molecule has 2 heterocycles. The number of aromatic nitrogens is 2. The fraction of sp³-hybridized carbons (Fsp3) is 0.333. The summed E-state index contributed by atoms with van der Waals surface area (Å²) in [6.45, 7) is 8.12. The van der Waals surface area contributed by atoms with E-state index >= 15 is 0 Å². The van der Waals surface area contributed by atoms with E-state index in [1.807, 2.05) is 50.2 Å². The Morgan fingerprint density at radius 1 is 0.963 bits per heavy atom. The van der Waals surface area contributed by atoms with Crippen LogP contribution in [0.25, 0.3) is 22.3 Å². The number of methoxy groups -OCH3 is 1. The van der Waals surface area contributed by atoms with E-state index < -0.39 is 0 Å². The first-order chi connectivity index (χ1) is 12.9. The number of pyridine rings is 2. The van der Waals surface area contributed by atoms with Gasteiger partial charge in [-0.15, -0.1) is 0 Å². The molecule has 0 aliphatic heterocycles. The number of hydrogen-bond acceptors (Lipinski definition) is 5. The highest BCUT2D eigenvalue weighted by molar-refractivity contribution is 6.36. The van der Waals surface area contributed by atoms with Gasteiger partial charge in [0.1, 0.15) is 22.3 Å². The number of nitrogens with zero attached hydrogens (tertiary/aromatic N) is 2. The van der Waals surface area contributed by atoms with Crippen molar-refractivity contribution in [2.75, 3.05) is 12.4 Å². The summed E-state index contributed by atoms with van der Waals surface area (Å²) in [5.41, 5.74) is 2.07. The maximum Gasteiger partial charge on any atom is 0.139 e. The fourth-order valence-corrected chi connectivity index (χ4v) is 3.09. The molecule has 1 N–H and O–H groups in total. The largest absolute Gasteiger partial charge is 0.495 e. The minimum atomic E-state index is 0.0197. The smallest absolute Gasteiger partial charge is 0.139 e. The third-order valence-corrected chi connectivity index (χ3v) is 4.24. The summed E-state index contributed by atoms with van der Waals surface area (Å²) >= 11 is 6.53. The van der Waals surface area contributed by atoms with E-state index in [0.717, 1.165) is 22.6 Å². The fourth-order valence-electron chi connectivity index (χ4n) is 2.80. The molecule has 1 aromatic carbocycles. The second-order valence-corrected chi connectivity index (χ2v) is 7.24. The van der Waals surface area contributed by atoms with E-state index in [1.54, 1.807) is 7.11 Å². The average molecular weight is 386 g/mol. The summed E-state index contributed by atoms with van der Waals surface area (Å²) in [4.78, 5) is 9.44. The molecular formula is C21H24ClN3O2. The monoisotopic (exact) mass is 385 g/mol. The molecule has 0 amide bonds.